The Morgan fingerprint density at radius 3 is 2.54 bits per heavy atom. The fourth-order valence-electron chi connectivity index (χ4n) is 1.38. The molecule has 0 bridgehead atoms. The summed E-state index contributed by atoms with van der Waals surface area (Å²) in [6, 6.07) is 0. The fourth-order valence-corrected chi connectivity index (χ4v) is 1.38. The predicted molar refractivity (Wildman–Crippen MR) is 48.6 cm³/mol. The van der Waals surface area contributed by atoms with Crippen molar-refractivity contribution in [3.05, 3.63) is 21.5 Å². The van der Waals surface area contributed by atoms with Crippen molar-refractivity contribution in [3.8, 4) is 0 Å². The molecule has 0 saturated carbocycles. The summed E-state index contributed by atoms with van der Waals surface area (Å²) in [5, 5.41) is 14.7. The first-order valence-corrected chi connectivity index (χ1v) is 4.26. The van der Waals surface area contributed by atoms with Crippen LogP contribution in [0.25, 0.3) is 0 Å². The highest BCUT2D eigenvalue weighted by Gasteiger charge is 2.20. The van der Waals surface area contributed by atoms with Crippen molar-refractivity contribution in [1.29, 1.82) is 0 Å². The lowest BCUT2D eigenvalue weighted by Gasteiger charge is -1.98. The van der Waals surface area contributed by atoms with E-state index in [0.29, 0.717) is 11.4 Å². The van der Waals surface area contributed by atoms with E-state index in [0.717, 1.165) is 13.0 Å². The number of hydrogen-bond donors (Lipinski definition) is 0. The van der Waals surface area contributed by atoms with Crippen molar-refractivity contribution < 1.29 is 4.92 Å². The van der Waals surface area contributed by atoms with Crippen molar-refractivity contribution in [2.24, 2.45) is 0 Å². The standard InChI is InChI=1S/C8H13N3O2/c1-4-5-10-7(3)8(11(12)13)6(2)9-10/h4-5H2,1-3H3. The monoisotopic (exact) mass is 183 g/mol. The molecule has 0 radical (unpaired) electrons. The molecule has 0 aliphatic carbocycles. The zero-order valence-corrected chi connectivity index (χ0v) is 8.07. The number of nitrogens with zero attached hydrogens (tertiary/aromatic N) is 3. The van der Waals surface area contributed by atoms with Crippen LogP contribution in [0.1, 0.15) is 24.7 Å². The molecule has 1 rings (SSSR count). The highest BCUT2D eigenvalue weighted by molar-refractivity contribution is 5.39. The van der Waals surface area contributed by atoms with Crippen molar-refractivity contribution in [1.82, 2.24) is 9.78 Å². The molecule has 1 aromatic heterocycles. The zero-order chi connectivity index (χ0) is 10.0. The summed E-state index contributed by atoms with van der Waals surface area (Å²) < 4.78 is 1.69. The predicted octanol–water partition coefficient (Wildman–Crippen LogP) is 1.82. The Kier molecular flexibility index (Phi) is 2.65. The average Bonchev–Trinajstić information content (AvgIpc) is 2.28. The van der Waals surface area contributed by atoms with Crippen molar-refractivity contribution in [2.75, 3.05) is 0 Å². The van der Waals surface area contributed by atoms with E-state index < -0.39 is 0 Å². The fraction of sp³-hybridized carbons (Fsp3) is 0.625. The molecule has 0 aromatic carbocycles. The molecule has 5 heteroatoms. The SMILES string of the molecule is CCCn1nc(C)c([N+](=O)[O-])c1C. The minimum atomic E-state index is -0.371. The Morgan fingerprint density at radius 2 is 2.15 bits per heavy atom. The number of rotatable bonds is 3. The van der Waals surface area contributed by atoms with Gasteiger partial charge in [0.2, 0.25) is 0 Å². The van der Waals surface area contributed by atoms with Crippen LogP contribution in [0, 0.1) is 24.0 Å². The number of hydrogen-bond acceptors (Lipinski definition) is 3. The molecular formula is C8H13N3O2. The first-order valence-electron chi connectivity index (χ1n) is 4.26. The summed E-state index contributed by atoms with van der Waals surface area (Å²) in [5.41, 5.74) is 1.29. The van der Waals surface area contributed by atoms with E-state index >= 15 is 0 Å². The van der Waals surface area contributed by atoms with Gasteiger partial charge in [0, 0.05) is 6.54 Å². The van der Waals surface area contributed by atoms with Crippen molar-refractivity contribution in [3.63, 3.8) is 0 Å². The second kappa shape index (κ2) is 3.55. The molecule has 0 saturated heterocycles. The first kappa shape index (κ1) is 9.70. The highest BCUT2D eigenvalue weighted by Crippen LogP contribution is 2.21. The van der Waals surface area contributed by atoms with Gasteiger partial charge in [-0.3, -0.25) is 14.8 Å². The summed E-state index contributed by atoms with van der Waals surface area (Å²) in [4.78, 5) is 10.2. The summed E-state index contributed by atoms with van der Waals surface area (Å²) in [7, 11) is 0. The molecule has 72 valence electrons. The Balaban J connectivity index is 3.14. The summed E-state index contributed by atoms with van der Waals surface area (Å²) >= 11 is 0. The molecule has 0 N–H and O–H groups in total. The molecule has 0 unspecified atom stereocenters. The third-order valence-corrected chi connectivity index (χ3v) is 1.96. The van der Waals surface area contributed by atoms with Gasteiger partial charge in [0.1, 0.15) is 11.4 Å². The average molecular weight is 183 g/mol. The van der Waals surface area contributed by atoms with E-state index in [1.807, 2.05) is 6.92 Å². The molecule has 0 atom stereocenters. The molecule has 13 heavy (non-hydrogen) atoms. The van der Waals surface area contributed by atoms with Crippen molar-refractivity contribution >= 4 is 5.69 Å². The number of nitro groups is 1. The topological polar surface area (TPSA) is 61.0 Å². The normalized spacial score (nSPS) is 10.4. The molecule has 0 spiro atoms. The van der Waals surface area contributed by atoms with E-state index in [1.165, 1.54) is 0 Å². The second-order valence-corrected chi connectivity index (χ2v) is 3.00. The summed E-state index contributed by atoms with van der Waals surface area (Å²) in [6.45, 7) is 6.15. The van der Waals surface area contributed by atoms with Crippen LogP contribution in [0.15, 0.2) is 0 Å². The zero-order valence-electron chi connectivity index (χ0n) is 8.07. The van der Waals surface area contributed by atoms with Crippen LogP contribution in [0.5, 0.6) is 0 Å². The van der Waals surface area contributed by atoms with Gasteiger partial charge in [-0.1, -0.05) is 6.92 Å². The van der Waals surface area contributed by atoms with Gasteiger partial charge >= 0.3 is 5.69 Å². The Morgan fingerprint density at radius 1 is 1.54 bits per heavy atom. The Hall–Kier alpha value is -1.39. The number of aromatic nitrogens is 2. The van der Waals surface area contributed by atoms with E-state index in [2.05, 4.69) is 5.10 Å². The van der Waals surface area contributed by atoms with Gasteiger partial charge in [0.05, 0.1) is 4.92 Å². The summed E-state index contributed by atoms with van der Waals surface area (Å²) in [5.74, 6) is 0. The minimum absolute atomic E-state index is 0.147. The molecular weight excluding hydrogens is 170 g/mol. The maximum absolute atomic E-state index is 10.6. The van der Waals surface area contributed by atoms with Crippen LogP contribution in [-0.4, -0.2) is 14.7 Å². The van der Waals surface area contributed by atoms with Crippen molar-refractivity contribution in [2.45, 2.75) is 33.7 Å². The van der Waals surface area contributed by atoms with Gasteiger partial charge in [0.25, 0.3) is 0 Å². The lowest BCUT2D eigenvalue weighted by atomic mass is 10.3. The van der Waals surface area contributed by atoms with Gasteiger partial charge in [-0.15, -0.1) is 0 Å². The van der Waals surface area contributed by atoms with Gasteiger partial charge < -0.3 is 0 Å². The second-order valence-electron chi connectivity index (χ2n) is 3.00. The van der Waals surface area contributed by atoms with Gasteiger partial charge in [0.15, 0.2) is 0 Å². The third-order valence-electron chi connectivity index (χ3n) is 1.96. The lowest BCUT2D eigenvalue weighted by molar-refractivity contribution is -0.386. The van der Waals surface area contributed by atoms with E-state index in [9.17, 15) is 10.1 Å². The maximum atomic E-state index is 10.6. The Bertz CT molecular complexity index is 330. The highest BCUT2D eigenvalue weighted by atomic mass is 16.6. The molecule has 0 aliphatic rings. The van der Waals surface area contributed by atoms with Gasteiger partial charge in [-0.2, -0.15) is 5.10 Å². The van der Waals surface area contributed by atoms with Crippen LogP contribution < -0.4 is 0 Å². The molecule has 5 nitrogen and oxygen atoms in total. The van der Waals surface area contributed by atoms with Crippen LogP contribution in [0.4, 0.5) is 5.69 Å². The summed E-state index contributed by atoms with van der Waals surface area (Å²) in [6.07, 6.45) is 0.930. The first-order chi connectivity index (χ1) is 6.07. The smallest absolute Gasteiger partial charge is 0.262 e. The largest absolute Gasteiger partial charge is 0.312 e. The van der Waals surface area contributed by atoms with Crippen LogP contribution in [0.2, 0.25) is 0 Å². The Labute approximate surface area is 76.5 Å². The molecule has 0 fully saturated rings. The van der Waals surface area contributed by atoms with Gasteiger partial charge in [-0.05, 0) is 20.3 Å². The molecule has 1 aromatic rings. The lowest BCUT2D eigenvalue weighted by Crippen LogP contribution is -2.01. The maximum Gasteiger partial charge on any atom is 0.312 e. The van der Waals surface area contributed by atoms with E-state index in [-0.39, 0.29) is 10.6 Å². The quantitative estimate of drug-likeness (QED) is 0.530. The number of aryl methyl sites for hydroxylation is 2. The van der Waals surface area contributed by atoms with E-state index in [4.69, 9.17) is 0 Å². The molecule has 0 aliphatic heterocycles. The molecule has 1 heterocycles. The third kappa shape index (κ3) is 1.68. The molecule has 0 amide bonds. The minimum Gasteiger partial charge on any atom is -0.262 e. The van der Waals surface area contributed by atoms with Crippen LogP contribution in [0.3, 0.4) is 0 Å². The van der Waals surface area contributed by atoms with Crippen LogP contribution >= 0.6 is 0 Å². The van der Waals surface area contributed by atoms with Gasteiger partial charge in [-0.25, -0.2) is 0 Å². The van der Waals surface area contributed by atoms with E-state index in [1.54, 1.807) is 18.5 Å². The van der Waals surface area contributed by atoms with Crippen LogP contribution in [-0.2, 0) is 6.54 Å².